The summed E-state index contributed by atoms with van der Waals surface area (Å²) in [6.45, 7) is 7.50. The van der Waals surface area contributed by atoms with Gasteiger partial charge < -0.3 is 14.2 Å². The standard InChI is InChI=1S/C17H26N2O3/c1-5-22-17(21)14-7-6-8-19(11-14)16(20)10-15-9-12(2)18(4)13(15)3/h9,14H,5-8,10-11H2,1-4H3. The average molecular weight is 306 g/mol. The van der Waals surface area contributed by atoms with Crippen LogP contribution in [0.2, 0.25) is 0 Å². The summed E-state index contributed by atoms with van der Waals surface area (Å²) >= 11 is 0. The maximum Gasteiger partial charge on any atom is 0.310 e. The van der Waals surface area contributed by atoms with Crippen LogP contribution < -0.4 is 0 Å². The summed E-state index contributed by atoms with van der Waals surface area (Å²) in [5.74, 6) is -0.245. The maximum atomic E-state index is 12.5. The first kappa shape index (κ1) is 16.6. The second-order valence-corrected chi connectivity index (χ2v) is 6.06. The van der Waals surface area contributed by atoms with Crippen molar-refractivity contribution >= 4 is 11.9 Å². The molecule has 0 N–H and O–H groups in total. The van der Waals surface area contributed by atoms with Gasteiger partial charge in [-0.2, -0.15) is 0 Å². The minimum atomic E-state index is -0.174. The predicted octanol–water partition coefficient (Wildman–Crippen LogP) is 1.99. The first-order valence-corrected chi connectivity index (χ1v) is 8.00. The molecule has 1 aliphatic rings. The van der Waals surface area contributed by atoms with Gasteiger partial charge in [0.1, 0.15) is 0 Å². The number of aryl methyl sites for hydroxylation is 1. The summed E-state index contributed by atoms with van der Waals surface area (Å²) in [7, 11) is 2.01. The SMILES string of the molecule is CCOC(=O)C1CCCN(C(=O)Cc2cc(C)n(C)c2C)C1. The number of likely N-dealkylation sites (tertiary alicyclic amines) is 1. The highest BCUT2D eigenvalue weighted by Gasteiger charge is 2.29. The van der Waals surface area contributed by atoms with Crippen LogP contribution >= 0.6 is 0 Å². The molecule has 0 aliphatic carbocycles. The monoisotopic (exact) mass is 306 g/mol. The Balaban J connectivity index is 2.00. The van der Waals surface area contributed by atoms with Crippen molar-refractivity contribution in [3.63, 3.8) is 0 Å². The lowest BCUT2D eigenvalue weighted by molar-refractivity contribution is -0.151. The Morgan fingerprint density at radius 2 is 2.09 bits per heavy atom. The van der Waals surface area contributed by atoms with E-state index in [1.807, 2.05) is 32.7 Å². The van der Waals surface area contributed by atoms with E-state index in [1.165, 1.54) is 0 Å². The smallest absolute Gasteiger partial charge is 0.310 e. The number of esters is 1. The Morgan fingerprint density at radius 1 is 1.36 bits per heavy atom. The molecule has 122 valence electrons. The van der Waals surface area contributed by atoms with Crippen LogP contribution in [0.25, 0.3) is 0 Å². The number of amides is 1. The number of nitrogens with zero attached hydrogens (tertiary/aromatic N) is 2. The Kier molecular flexibility index (Phi) is 5.27. The second-order valence-electron chi connectivity index (χ2n) is 6.06. The maximum absolute atomic E-state index is 12.5. The lowest BCUT2D eigenvalue weighted by atomic mass is 9.97. The van der Waals surface area contributed by atoms with Gasteiger partial charge in [0, 0.05) is 31.5 Å². The molecule has 5 heteroatoms. The zero-order chi connectivity index (χ0) is 16.3. The molecule has 1 aromatic heterocycles. The van der Waals surface area contributed by atoms with Crippen molar-refractivity contribution in [3.05, 3.63) is 23.0 Å². The molecule has 1 amide bonds. The van der Waals surface area contributed by atoms with Crippen LogP contribution in [-0.2, 0) is 27.8 Å². The summed E-state index contributed by atoms with van der Waals surface area (Å²) in [5.41, 5.74) is 3.36. The predicted molar refractivity (Wildman–Crippen MR) is 84.5 cm³/mol. The fourth-order valence-electron chi connectivity index (χ4n) is 3.04. The van der Waals surface area contributed by atoms with E-state index < -0.39 is 0 Å². The van der Waals surface area contributed by atoms with Gasteiger partial charge in [-0.15, -0.1) is 0 Å². The number of carbonyl (C=O) groups is 2. The highest BCUT2D eigenvalue weighted by Crippen LogP contribution is 2.20. The van der Waals surface area contributed by atoms with Crippen molar-refractivity contribution in [2.24, 2.45) is 13.0 Å². The van der Waals surface area contributed by atoms with Crippen LogP contribution in [-0.4, -0.2) is 41.0 Å². The quantitative estimate of drug-likeness (QED) is 0.799. The van der Waals surface area contributed by atoms with Crippen LogP contribution in [0, 0.1) is 19.8 Å². The number of carbonyl (C=O) groups excluding carboxylic acids is 2. The van der Waals surface area contributed by atoms with Gasteiger partial charge in [-0.25, -0.2) is 0 Å². The number of aromatic nitrogens is 1. The zero-order valence-electron chi connectivity index (χ0n) is 14.0. The van der Waals surface area contributed by atoms with Crippen molar-refractivity contribution in [1.29, 1.82) is 0 Å². The molecule has 0 radical (unpaired) electrons. The molecule has 1 saturated heterocycles. The van der Waals surface area contributed by atoms with Crippen molar-refractivity contribution in [3.8, 4) is 0 Å². The largest absolute Gasteiger partial charge is 0.466 e. The van der Waals surface area contributed by atoms with Crippen LogP contribution in [0.5, 0.6) is 0 Å². The number of rotatable bonds is 4. The van der Waals surface area contributed by atoms with Crippen LogP contribution in [0.4, 0.5) is 0 Å². The highest BCUT2D eigenvalue weighted by atomic mass is 16.5. The molecule has 1 unspecified atom stereocenters. The molecular weight excluding hydrogens is 280 g/mol. The molecular formula is C17H26N2O3. The minimum Gasteiger partial charge on any atom is -0.466 e. The second kappa shape index (κ2) is 6.99. The summed E-state index contributed by atoms with van der Waals surface area (Å²) < 4.78 is 7.18. The van der Waals surface area contributed by atoms with Gasteiger partial charge in [-0.3, -0.25) is 9.59 Å². The molecule has 2 rings (SSSR count). The van der Waals surface area contributed by atoms with Gasteiger partial charge in [0.25, 0.3) is 0 Å². The fraction of sp³-hybridized carbons (Fsp3) is 0.647. The van der Waals surface area contributed by atoms with Gasteiger partial charge in [0.05, 0.1) is 18.9 Å². The van der Waals surface area contributed by atoms with Crippen molar-refractivity contribution in [1.82, 2.24) is 9.47 Å². The van der Waals surface area contributed by atoms with Gasteiger partial charge >= 0.3 is 5.97 Å². The lowest BCUT2D eigenvalue weighted by Crippen LogP contribution is -2.43. The summed E-state index contributed by atoms with van der Waals surface area (Å²) in [6, 6.07) is 2.07. The fourth-order valence-corrected chi connectivity index (χ4v) is 3.04. The molecule has 2 heterocycles. The van der Waals surface area contributed by atoms with Crippen LogP contribution in [0.15, 0.2) is 6.07 Å². The van der Waals surface area contributed by atoms with E-state index in [-0.39, 0.29) is 17.8 Å². The number of ether oxygens (including phenoxy) is 1. The van der Waals surface area contributed by atoms with E-state index in [4.69, 9.17) is 4.74 Å². The molecule has 1 aromatic rings. The molecule has 0 spiro atoms. The van der Waals surface area contributed by atoms with Gasteiger partial charge in [-0.05, 0) is 45.2 Å². The highest BCUT2D eigenvalue weighted by molar-refractivity contribution is 5.80. The van der Waals surface area contributed by atoms with Crippen molar-refractivity contribution < 1.29 is 14.3 Å². The van der Waals surface area contributed by atoms with Gasteiger partial charge in [0.2, 0.25) is 5.91 Å². The normalized spacial score (nSPS) is 18.4. The number of hydrogen-bond donors (Lipinski definition) is 0. The average Bonchev–Trinajstić information content (AvgIpc) is 2.75. The van der Waals surface area contributed by atoms with E-state index in [9.17, 15) is 9.59 Å². The van der Waals surface area contributed by atoms with E-state index in [2.05, 4.69) is 10.6 Å². The first-order chi connectivity index (χ1) is 10.4. The summed E-state index contributed by atoms with van der Waals surface area (Å²) in [4.78, 5) is 26.2. The third-order valence-corrected chi connectivity index (χ3v) is 4.62. The molecule has 1 atom stereocenters. The van der Waals surface area contributed by atoms with Crippen LogP contribution in [0.1, 0.15) is 36.7 Å². The Hall–Kier alpha value is -1.78. The van der Waals surface area contributed by atoms with Crippen molar-refractivity contribution in [2.45, 2.75) is 40.0 Å². The van der Waals surface area contributed by atoms with E-state index in [0.717, 1.165) is 36.3 Å². The molecule has 0 bridgehead atoms. The lowest BCUT2D eigenvalue weighted by Gasteiger charge is -2.31. The molecule has 5 nitrogen and oxygen atoms in total. The molecule has 0 saturated carbocycles. The topological polar surface area (TPSA) is 51.5 Å². The summed E-state index contributed by atoms with van der Waals surface area (Å²) in [6.07, 6.45) is 2.08. The molecule has 1 fully saturated rings. The van der Waals surface area contributed by atoms with Gasteiger partial charge in [-0.1, -0.05) is 0 Å². The van der Waals surface area contributed by atoms with Crippen LogP contribution in [0.3, 0.4) is 0 Å². The molecule has 0 aromatic carbocycles. The van der Waals surface area contributed by atoms with Crippen molar-refractivity contribution in [2.75, 3.05) is 19.7 Å². The summed E-state index contributed by atoms with van der Waals surface area (Å²) in [5, 5.41) is 0. The van der Waals surface area contributed by atoms with E-state index in [0.29, 0.717) is 19.6 Å². The number of hydrogen-bond acceptors (Lipinski definition) is 3. The minimum absolute atomic E-state index is 0.0997. The first-order valence-electron chi connectivity index (χ1n) is 8.00. The Bertz CT molecular complexity index is 562. The van der Waals surface area contributed by atoms with E-state index >= 15 is 0 Å². The third-order valence-electron chi connectivity index (χ3n) is 4.62. The molecule has 22 heavy (non-hydrogen) atoms. The Morgan fingerprint density at radius 3 is 2.68 bits per heavy atom. The molecule has 1 aliphatic heterocycles. The van der Waals surface area contributed by atoms with Gasteiger partial charge in [0.15, 0.2) is 0 Å². The zero-order valence-corrected chi connectivity index (χ0v) is 14.0. The third kappa shape index (κ3) is 3.51. The van der Waals surface area contributed by atoms with E-state index in [1.54, 1.807) is 0 Å². The number of piperidine rings is 1. The Labute approximate surface area is 132 Å².